The molecule has 3 aliphatic heterocycles. The number of benzene rings is 4. The Morgan fingerprint density at radius 1 is 0.783 bits per heavy atom. The molecule has 3 N–H and O–H groups in total. The number of likely N-dealkylation sites (tertiary alicyclic amines) is 2. The zero-order chi connectivity index (χ0) is 41.4. The molecule has 1 aromatic heterocycles. The van der Waals surface area contributed by atoms with E-state index in [2.05, 4.69) is 92.7 Å². The summed E-state index contributed by atoms with van der Waals surface area (Å²) >= 11 is 0. The molecule has 3 amide bonds. The summed E-state index contributed by atoms with van der Waals surface area (Å²) in [6.07, 6.45) is 4.68. The molecule has 8 rings (SSSR count). The Morgan fingerprint density at radius 3 is 2.08 bits per heavy atom. The van der Waals surface area contributed by atoms with Crippen LogP contribution in [-0.4, -0.2) is 102 Å². The van der Waals surface area contributed by atoms with Crippen LogP contribution in [0.4, 0.5) is 4.79 Å². The number of amides is 3. The third-order valence-electron chi connectivity index (χ3n) is 12.0. The number of morpholine rings is 1. The number of rotatable bonds is 13. The number of hydrogen-bond donors (Lipinski definition) is 3. The van der Waals surface area contributed by atoms with Crippen molar-refractivity contribution in [2.45, 2.75) is 49.9 Å². The zero-order valence-corrected chi connectivity index (χ0v) is 34.1. The first kappa shape index (κ1) is 40.5. The van der Waals surface area contributed by atoms with E-state index in [4.69, 9.17) is 14.5 Å². The van der Waals surface area contributed by atoms with Gasteiger partial charge in [-0.3, -0.25) is 14.5 Å². The van der Waals surface area contributed by atoms with Crippen molar-refractivity contribution in [1.29, 1.82) is 0 Å². The second kappa shape index (κ2) is 18.8. The monoisotopic (exact) mass is 807 g/mol. The molecule has 0 saturated carbocycles. The number of H-pyrrole nitrogens is 1. The molecule has 12 heteroatoms. The molecule has 0 spiro atoms. The summed E-state index contributed by atoms with van der Waals surface area (Å²) in [5.41, 5.74) is 7.56. The van der Waals surface area contributed by atoms with Crippen molar-refractivity contribution in [3.05, 3.63) is 144 Å². The fraction of sp³-hybridized carbons (Fsp3) is 0.333. The Balaban J connectivity index is 0.880. The smallest absolute Gasteiger partial charge is 0.407 e. The largest absolute Gasteiger partial charge is 0.453 e. The molecule has 0 aliphatic carbocycles. The molecule has 12 nitrogen and oxygen atoms in total. The van der Waals surface area contributed by atoms with Crippen molar-refractivity contribution in [2.75, 3.05) is 53.0 Å². The number of aromatic nitrogens is 2. The van der Waals surface area contributed by atoms with Gasteiger partial charge in [-0.15, -0.1) is 0 Å². The van der Waals surface area contributed by atoms with Crippen molar-refractivity contribution >= 4 is 23.6 Å². The van der Waals surface area contributed by atoms with Gasteiger partial charge in [0.25, 0.3) is 5.91 Å². The summed E-state index contributed by atoms with van der Waals surface area (Å²) in [4.78, 5) is 54.6. The molecule has 3 fully saturated rings. The summed E-state index contributed by atoms with van der Waals surface area (Å²) in [6.45, 7) is 9.08. The Labute approximate surface area is 351 Å². The van der Waals surface area contributed by atoms with Gasteiger partial charge in [-0.25, -0.2) is 9.78 Å². The Bertz CT molecular complexity index is 2240. The maximum Gasteiger partial charge on any atom is 0.407 e. The summed E-state index contributed by atoms with van der Waals surface area (Å²) in [7, 11) is 1.29. The van der Waals surface area contributed by atoms with Crippen LogP contribution in [-0.2, 0) is 19.1 Å². The Kier molecular flexibility index (Phi) is 12.7. The van der Waals surface area contributed by atoms with Crippen LogP contribution >= 0.6 is 0 Å². The second-order valence-electron chi connectivity index (χ2n) is 15.7. The van der Waals surface area contributed by atoms with Crippen LogP contribution in [0, 0.1) is 0 Å². The van der Waals surface area contributed by atoms with Gasteiger partial charge in [-0.05, 0) is 59.1 Å². The maximum atomic E-state index is 14.2. The third-order valence-corrected chi connectivity index (χ3v) is 12.0. The maximum absolute atomic E-state index is 14.2. The molecule has 310 valence electrons. The van der Waals surface area contributed by atoms with Crippen LogP contribution in [0.15, 0.2) is 122 Å². The average molecular weight is 808 g/mol. The lowest BCUT2D eigenvalue weighted by molar-refractivity contribution is -0.140. The third kappa shape index (κ3) is 9.00. The van der Waals surface area contributed by atoms with Crippen molar-refractivity contribution in [3.8, 4) is 22.4 Å². The molecule has 60 heavy (non-hydrogen) atoms. The minimum Gasteiger partial charge on any atom is -0.453 e. The summed E-state index contributed by atoms with van der Waals surface area (Å²) in [5, 5.41) is 6.27. The fourth-order valence-electron chi connectivity index (χ4n) is 8.77. The van der Waals surface area contributed by atoms with E-state index < -0.39 is 12.1 Å². The summed E-state index contributed by atoms with van der Waals surface area (Å²) < 4.78 is 10.4. The van der Waals surface area contributed by atoms with Gasteiger partial charge in [0.05, 0.1) is 38.3 Å². The number of carbonyl (C=O) groups is 3. The van der Waals surface area contributed by atoms with Gasteiger partial charge in [0.2, 0.25) is 5.91 Å². The lowest BCUT2D eigenvalue weighted by Crippen LogP contribution is -2.50. The van der Waals surface area contributed by atoms with Gasteiger partial charge in [0.15, 0.2) is 0 Å². The van der Waals surface area contributed by atoms with E-state index in [1.807, 2.05) is 54.7 Å². The first-order chi connectivity index (χ1) is 29.4. The lowest BCUT2D eigenvalue weighted by atomic mass is 10.0. The van der Waals surface area contributed by atoms with Gasteiger partial charge < -0.3 is 34.9 Å². The number of hydrogen-bond acceptors (Lipinski definition) is 8. The van der Waals surface area contributed by atoms with Gasteiger partial charge in [0.1, 0.15) is 17.9 Å². The van der Waals surface area contributed by atoms with Crippen molar-refractivity contribution < 1.29 is 23.9 Å². The highest BCUT2D eigenvalue weighted by Crippen LogP contribution is 2.35. The normalized spacial score (nSPS) is 19.1. The molecular formula is C48H53N7O5. The first-order valence-electron chi connectivity index (χ1n) is 20.9. The van der Waals surface area contributed by atoms with E-state index in [9.17, 15) is 14.4 Å². The van der Waals surface area contributed by atoms with Crippen LogP contribution in [0.5, 0.6) is 0 Å². The fourth-order valence-corrected chi connectivity index (χ4v) is 8.77. The van der Waals surface area contributed by atoms with E-state index >= 15 is 0 Å². The Morgan fingerprint density at radius 2 is 1.40 bits per heavy atom. The second-order valence-corrected chi connectivity index (χ2v) is 15.7. The number of aromatic amines is 1. The molecule has 4 atom stereocenters. The highest BCUT2D eigenvalue weighted by Gasteiger charge is 2.38. The number of imidazole rings is 1. The highest BCUT2D eigenvalue weighted by atomic mass is 16.5. The van der Waals surface area contributed by atoms with Crippen molar-refractivity contribution in [3.63, 3.8) is 0 Å². The van der Waals surface area contributed by atoms with Gasteiger partial charge >= 0.3 is 6.09 Å². The number of methoxy groups -OCH3 is 1. The molecule has 3 saturated heterocycles. The summed E-state index contributed by atoms with van der Waals surface area (Å²) in [5.74, 6) is 0.675. The molecule has 0 unspecified atom stereocenters. The molecule has 4 heterocycles. The first-order valence-corrected chi connectivity index (χ1v) is 20.9. The summed E-state index contributed by atoms with van der Waals surface area (Å²) in [6, 6.07) is 34.7. The number of carbonyl (C=O) groups excluding carboxylic acids is 3. The van der Waals surface area contributed by atoms with Crippen LogP contribution < -0.4 is 10.6 Å². The number of ether oxygens (including phenoxy) is 2. The molecule has 0 bridgehead atoms. The van der Waals surface area contributed by atoms with Crippen molar-refractivity contribution in [1.82, 2.24) is 35.3 Å². The minimum atomic E-state index is -0.871. The number of nitrogens with zero attached hydrogens (tertiary/aromatic N) is 4. The zero-order valence-electron chi connectivity index (χ0n) is 34.1. The molecule has 5 aromatic rings. The molecule has 3 aliphatic rings. The molecular weight excluding hydrogens is 755 g/mol. The van der Waals surface area contributed by atoms with Crippen LogP contribution in [0.3, 0.4) is 0 Å². The lowest BCUT2D eigenvalue weighted by Gasteiger charge is -2.37. The highest BCUT2D eigenvalue weighted by molar-refractivity contribution is 5.87. The predicted molar refractivity (Wildman–Crippen MR) is 231 cm³/mol. The quantitative estimate of drug-likeness (QED) is 0.115. The number of nitrogens with one attached hydrogen (secondary N) is 3. The van der Waals surface area contributed by atoms with Crippen LogP contribution in [0.1, 0.15) is 66.3 Å². The van der Waals surface area contributed by atoms with E-state index in [-0.39, 0.29) is 29.9 Å². The van der Waals surface area contributed by atoms with E-state index in [0.717, 1.165) is 84.5 Å². The SMILES string of the molecule is C=C(NC[C@@H]1CCCN1C(=O)[C@@H](c1ccccc1)N1CCOCC1)c1ccc(-c2ccc(-c3cnc([C@@H]4CCCN4C(=O)[C@H](NC(=O)OC)c4ccccc4)[nH]3)cc2)cc1. The Hall–Kier alpha value is -6.24. The van der Waals surface area contributed by atoms with Gasteiger partial charge in [0, 0.05) is 44.5 Å². The van der Waals surface area contributed by atoms with Crippen molar-refractivity contribution in [2.24, 2.45) is 0 Å². The van der Waals surface area contributed by atoms with Gasteiger partial charge in [-0.2, -0.15) is 0 Å². The van der Waals surface area contributed by atoms with Crippen LogP contribution in [0.25, 0.3) is 28.1 Å². The molecule has 0 radical (unpaired) electrons. The minimum absolute atomic E-state index is 0.0900. The predicted octanol–water partition coefficient (Wildman–Crippen LogP) is 7.13. The van der Waals surface area contributed by atoms with E-state index in [1.165, 1.54) is 7.11 Å². The topological polar surface area (TPSA) is 132 Å². The average Bonchev–Trinajstić information content (AvgIpc) is 4.11. The van der Waals surface area contributed by atoms with Gasteiger partial charge in [-0.1, -0.05) is 116 Å². The number of alkyl carbamates (subject to hydrolysis) is 1. The van der Waals surface area contributed by atoms with E-state index in [0.29, 0.717) is 37.7 Å². The molecule has 4 aromatic carbocycles. The van der Waals surface area contributed by atoms with Crippen LogP contribution in [0.2, 0.25) is 0 Å². The van der Waals surface area contributed by atoms with E-state index in [1.54, 1.807) is 4.90 Å². The standard InChI is InChI=1S/C48H53N7O5/c1-33(49-31-40-15-9-25-54(40)47(57)44(39-13-7-4-8-14-39)53-27-29-60-30-28-53)34-17-19-35(20-18-34)36-21-23-37(24-22-36)41-32-50-45(51-41)42-16-10-26-55(42)46(56)43(52-48(58)59-2)38-11-5-3-6-12-38/h3-8,11-14,17-24,32,40,42-44,49H,1,9-10,15-16,25-31H2,2H3,(H,50,51)(H,52,58)/t40-,42-,43+,44+/m0/s1.